The second-order valence-electron chi connectivity index (χ2n) is 6.83. The Morgan fingerprint density at radius 3 is 2.35 bits per heavy atom. The molecule has 1 saturated heterocycles. The molecule has 0 spiro atoms. The Kier molecular flexibility index (Phi) is 4.14. The summed E-state index contributed by atoms with van der Waals surface area (Å²) < 4.78 is 6.20. The molecule has 0 aromatic rings. The normalized spacial score (nSPS) is 31.6. The Morgan fingerprint density at radius 1 is 1.12 bits per heavy atom. The van der Waals surface area contributed by atoms with Gasteiger partial charge in [-0.15, -0.1) is 0 Å². The minimum Gasteiger partial charge on any atom is -0.372 e. The van der Waals surface area contributed by atoms with Crippen LogP contribution in [0, 0.1) is 5.41 Å². The van der Waals surface area contributed by atoms with Gasteiger partial charge in [-0.05, 0) is 58.4 Å². The molecule has 1 saturated carbocycles. The van der Waals surface area contributed by atoms with Crippen LogP contribution in [0.4, 0.5) is 0 Å². The van der Waals surface area contributed by atoms with Crippen LogP contribution in [0.25, 0.3) is 0 Å². The fourth-order valence-electron chi connectivity index (χ4n) is 3.83. The molecule has 1 atom stereocenters. The van der Waals surface area contributed by atoms with Gasteiger partial charge in [0.05, 0.1) is 11.7 Å². The molecule has 2 aliphatic rings. The van der Waals surface area contributed by atoms with Crippen LogP contribution in [-0.4, -0.2) is 25.3 Å². The Bertz CT molecular complexity index is 238. The zero-order valence-electron chi connectivity index (χ0n) is 11.8. The molecule has 2 fully saturated rings. The maximum absolute atomic E-state index is 6.20. The molecule has 0 amide bonds. The van der Waals surface area contributed by atoms with Gasteiger partial charge >= 0.3 is 0 Å². The monoisotopic (exact) mass is 239 g/mol. The predicted octanol–water partition coefficient (Wildman–Crippen LogP) is 3.50. The zero-order chi connectivity index (χ0) is 12.4. The molecule has 1 aliphatic carbocycles. The molecule has 17 heavy (non-hydrogen) atoms. The highest BCUT2D eigenvalue weighted by molar-refractivity contribution is 4.90. The molecule has 0 aromatic carbocycles. The molecule has 2 heteroatoms. The maximum Gasteiger partial charge on any atom is 0.0631 e. The summed E-state index contributed by atoms with van der Waals surface area (Å²) in [6.07, 6.45) is 11.3. The second-order valence-corrected chi connectivity index (χ2v) is 6.83. The van der Waals surface area contributed by atoms with Crippen molar-refractivity contribution < 1.29 is 4.74 Å². The zero-order valence-corrected chi connectivity index (χ0v) is 11.8. The molecule has 1 aliphatic heterocycles. The first kappa shape index (κ1) is 13.4. The summed E-state index contributed by atoms with van der Waals surface area (Å²) in [5, 5.41) is 3.42. The molecule has 2 nitrogen and oxygen atoms in total. The standard InChI is InChI=1S/C15H29NO/c1-14(2)10-7-13(17-14)11-15(12-16-3)8-5-4-6-9-15/h13,16H,4-12H2,1-3H3. The van der Waals surface area contributed by atoms with Crippen LogP contribution in [0.5, 0.6) is 0 Å². The molecule has 1 unspecified atom stereocenters. The van der Waals surface area contributed by atoms with Crippen LogP contribution >= 0.6 is 0 Å². The summed E-state index contributed by atoms with van der Waals surface area (Å²) in [4.78, 5) is 0. The quantitative estimate of drug-likeness (QED) is 0.810. The smallest absolute Gasteiger partial charge is 0.0631 e. The lowest BCUT2D eigenvalue weighted by Crippen LogP contribution is -2.38. The topological polar surface area (TPSA) is 21.3 Å². The third kappa shape index (κ3) is 3.45. The molecule has 0 bridgehead atoms. The summed E-state index contributed by atoms with van der Waals surface area (Å²) in [6, 6.07) is 0. The van der Waals surface area contributed by atoms with Gasteiger partial charge in [0.2, 0.25) is 0 Å². The van der Waals surface area contributed by atoms with Crippen LogP contribution in [-0.2, 0) is 4.74 Å². The van der Waals surface area contributed by atoms with Crippen molar-refractivity contribution in [1.29, 1.82) is 0 Å². The van der Waals surface area contributed by atoms with Gasteiger partial charge in [0.25, 0.3) is 0 Å². The number of hydrogen-bond donors (Lipinski definition) is 1. The second kappa shape index (κ2) is 5.27. The average Bonchev–Trinajstić information content (AvgIpc) is 2.59. The molecular formula is C15H29NO. The highest BCUT2D eigenvalue weighted by Crippen LogP contribution is 2.43. The Morgan fingerprint density at radius 2 is 1.82 bits per heavy atom. The summed E-state index contributed by atoms with van der Waals surface area (Å²) in [6.45, 7) is 5.64. The number of hydrogen-bond acceptors (Lipinski definition) is 2. The third-order valence-corrected chi connectivity index (χ3v) is 4.68. The highest BCUT2D eigenvalue weighted by Gasteiger charge is 2.39. The van der Waals surface area contributed by atoms with E-state index in [0.717, 1.165) is 0 Å². The third-order valence-electron chi connectivity index (χ3n) is 4.68. The Hall–Kier alpha value is -0.0800. The van der Waals surface area contributed by atoms with Crippen LogP contribution in [0.15, 0.2) is 0 Å². The van der Waals surface area contributed by atoms with E-state index in [1.807, 2.05) is 0 Å². The van der Waals surface area contributed by atoms with E-state index in [1.54, 1.807) is 0 Å². The van der Waals surface area contributed by atoms with Crippen molar-refractivity contribution in [1.82, 2.24) is 5.32 Å². The van der Waals surface area contributed by atoms with Crippen molar-refractivity contribution in [2.45, 2.75) is 76.9 Å². The molecule has 2 rings (SSSR count). The SMILES string of the molecule is CNCC1(CC2CCC(C)(C)O2)CCCCC1. The number of ether oxygens (including phenoxy) is 1. The van der Waals surface area contributed by atoms with E-state index in [0.29, 0.717) is 11.5 Å². The van der Waals surface area contributed by atoms with E-state index in [9.17, 15) is 0 Å². The molecular weight excluding hydrogens is 210 g/mol. The van der Waals surface area contributed by atoms with Crippen molar-refractivity contribution in [2.24, 2.45) is 5.41 Å². The van der Waals surface area contributed by atoms with Gasteiger partial charge in [-0.25, -0.2) is 0 Å². The van der Waals surface area contributed by atoms with Gasteiger partial charge < -0.3 is 10.1 Å². The first-order valence-electron chi connectivity index (χ1n) is 7.38. The van der Waals surface area contributed by atoms with Crippen LogP contribution < -0.4 is 5.32 Å². The largest absolute Gasteiger partial charge is 0.372 e. The number of rotatable bonds is 4. The van der Waals surface area contributed by atoms with Gasteiger partial charge in [0.15, 0.2) is 0 Å². The summed E-state index contributed by atoms with van der Waals surface area (Å²) >= 11 is 0. The van der Waals surface area contributed by atoms with Crippen molar-refractivity contribution in [3.63, 3.8) is 0 Å². The van der Waals surface area contributed by atoms with Crippen molar-refractivity contribution in [2.75, 3.05) is 13.6 Å². The van der Waals surface area contributed by atoms with Crippen molar-refractivity contribution in [3.8, 4) is 0 Å². The lowest BCUT2D eigenvalue weighted by atomic mass is 9.70. The Balaban J connectivity index is 1.93. The van der Waals surface area contributed by atoms with Gasteiger partial charge in [-0.2, -0.15) is 0 Å². The fraction of sp³-hybridized carbons (Fsp3) is 1.00. The lowest BCUT2D eigenvalue weighted by molar-refractivity contribution is -0.0406. The van der Waals surface area contributed by atoms with E-state index in [2.05, 4.69) is 26.2 Å². The molecule has 1 N–H and O–H groups in total. The van der Waals surface area contributed by atoms with Gasteiger partial charge in [-0.3, -0.25) is 0 Å². The molecule has 0 radical (unpaired) electrons. The Labute approximate surface area is 107 Å². The highest BCUT2D eigenvalue weighted by atomic mass is 16.5. The van der Waals surface area contributed by atoms with Gasteiger partial charge in [0.1, 0.15) is 0 Å². The van der Waals surface area contributed by atoms with Crippen LogP contribution in [0.2, 0.25) is 0 Å². The van der Waals surface area contributed by atoms with E-state index in [1.165, 1.54) is 57.9 Å². The van der Waals surface area contributed by atoms with Crippen molar-refractivity contribution >= 4 is 0 Å². The lowest BCUT2D eigenvalue weighted by Gasteiger charge is -2.39. The molecule has 100 valence electrons. The fourth-order valence-corrected chi connectivity index (χ4v) is 3.83. The van der Waals surface area contributed by atoms with E-state index in [-0.39, 0.29) is 5.60 Å². The van der Waals surface area contributed by atoms with Gasteiger partial charge in [0, 0.05) is 6.54 Å². The van der Waals surface area contributed by atoms with Crippen LogP contribution in [0.3, 0.4) is 0 Å². The first-order chi connectivity index (χ1) is 8.05. The summed E-state index contributed by atoms with van der Waals surface area (Å²) in [7, 11) is 2.09. The molecule has 1 heterocycles. The van der Waals surface area contributed by atoms with Crippen LogP contribution in [0.1, 0.15) is 65.2 Å². The van der Waals surface area contributed by atoms with E-state index >= 15 is 0 Å². The average molecular weight is 239 g/mol. The van der Waals surface area contributed by atoms with E-state index < -0.39 is 0 Å². The number of nitrogens with one attached hydrogen (secondary N) is 1. The van der Waals surface area contributed by atoms with Gasteiger partial charge in [-0.1, -0.05) is 19.3 Å². The maximum atomic E-state index is 6.20. The summed E-state index contributed by atoms with van der Waals surface area (Å²) in [5.74, 6) is 0. The molecule has 0 aromatic heterocycles. The van der Waals surface area contributed by atoms with Crippen molar-refractivity contribution in [3.05, 3.63) is 0 Å². The minimum absolute atomic E-state index is 0.125. The summed E-state index contributed by atoms with van der Waals surface area (Å²) in [5.41, 5.74) is 0.651. The van der Waals surface area contributed by atoms with E-state index in [4.69, 9.17) is 4.74 Å². The predicted molar refractivity (Wildman–Crippen MR) is 72.2 cm³/mol. The first-order valence-corrected chi connectivity index (χ1v) is 7.38. The minimum atomic E-state index is 0.125.